The Balaban J connectivity index is 2.05. The van der Waals surface area contributed by atoms with Crippen molar-refractivity contribution in [2.45, 2.75) is 0 Å². The number of benzene rings is 2. The average molecular weight is 330 g/mol. The summed E-state index contributed by atoms with van der Waals surface area (Å²) in [7, 11) is 2.78. The molecule has 0 spiro atoms. The van der Waals surface area contributed by atoms with Crippen molar-refractivity contribution in [3.8, 4) is 34.5 Å². The number of aromatic hydroxyl groups is 3. The quantitative estimate of drug-likeness (QED) is 0.742. The van der Waals surface area contributed by atoms with E-state index in [1.165, 1.54) is 38.5 Å². The lowest BCUT2D eigenvalue weighted by molar-refractivity contribution is 0.101. The summed E-state index contributed by atoms with van der Waals surface area (Å²) in [5.74, 6) is -0.885. The van der Waals surface area contributed by atoms with Crippen LogP contribution >= 0.6 is 0 Å². The lowest BCUT2D eigenvalue weighted by atomic mass is 10.1. The van der Waals surface area contributed by atoms with Crippen molar-refractivity contribution in [2.75, 3.05) is 14.2 Å². The van der Waals surface area contributed by atoms with Crippen molar-refractivity contribution < 1.29 is 34.3 Å². The van der Waals surface area contributed by atoms with Crippen LogP contribution in [-0.2, 0) is 0 Å². The topological polar surface area (TPSA) is 105 Å². The number of ether oxygens (including phenoxy) is 3. The van der Waals surface area contributed by atoms with Crippen LogP contribution in [0.15, 0.2) is 30.0 Å². The Labute approximate surface area is 137 Å². The maximum Gasteiger partial charge on any atom is 0.235 e. The molecule has 0 saturated heterocycles. The molecule has 0 fully saturated rings. The number of methoxy groups -OCH3 is 2. The Morgan fingerprint density at radius 2 is 1.62 bits per heavy atom. The number of fused-ring (bicyclic) bond motifs is 1. The molecule has 0 saturated carbocycles. The van der Waals surface area contributed by atoms with Crippen LogP contribution in [0.4, 0.5) is 0 Å². The molecule has 0 radical (unpaired) electrons. The van der Waals surface area contributed by atoms with Gasteiger partial charge in [-0.05, 0) is 23.8 Å². The molecule has 0 atom stereocenters. The maximum absolute atomic E-state index is 12.4. The van der Waals surface area contributed by atoms with E-state index in [2.05, 4.69) is 0 Å². The number of carbonyl (C=O) groups excluding carboxylic acids is 1. The molecule has 24 heavy (non-hydrogen) atoms. The van der Waals surface area contributed by atoms with Crippen LogP contribution < -0.4 is 14.2 Å². The third-order valence-corrected chi connectivity index (χ3v) is 3.54. The monoisotopic (exact) mass is 330 g/mol. The van der Waals surface area contributed by atoms with Gasteiger partial charge in [-0.1, -0.05) is 0 Å². The van der Waals surface area contributed by atoms with E-state index in [0.29, 0.717) is 5.56 Å². The fourth-order valence-electron chi connectivity index (χ4n) is 2.43. The highest BCUT2D eigenvalue weighted by molar-refractivity contribution is 6.16. The van der Waals surface area contributed by atoms with Crippen LogP contribution in [0.5, 0.6) is 34.5 Å². The second-order valence-corrected chi connectivity index (χ2v) is 5.05. The fourth-order valence-corrected chi connectivity index (χ4v) is 2.43. The second-order valence-electron chi connectivity index (χ2n) is 5.05. The van der Waals surface area contributed by atoms with Crippen LogP contribution in [-0.4, -0.2) is 35.3 Å². The van der Waals surface area contributed by atoms with Crippen molar-refractivity contribution in [2.24, 2.45) is 0 Å². The van der Waals surface area contributed by atoms with Gasteiger partial charge < -0.3 is 29.5 Å². The Morgan fingerprint density at radius 1 is 1.00 bits per heavy atom. The summed E-state index contributed by atoms with van der Waals surface area (Å²) < 4.78 is 15.5. The summed E-state index contributed by atoms with van der Waals surface area (Å²) in [5.41, 5.74) is 0.470. The molecular formula is C17H14O7. The molecule has 0 aliphatic carbocycles. The number of allylic oxidation sites excluding steroid dienone is 1. The SMILES string of the molecule is COc1cc(/C=C2\Oc3cc(O)cc(O)c3C2=O)cc(OC)c1O. The first-order chi connectivity index (χ1) is 11.4. The molecule has 2 aromatic carbocycles. The van der Waals surface area contributed by atoms with Gasteiger partial charge in [0.15, 0.2) is 17.3 Å². The number of phenols is 3. The van der Waals surface area contributed by atoms with Gasteiger partial charge in [0.05, 0.1) is 14.2 Å². The van der Waals surface area contributed by atoms with Gasteiger partial charge >= 0.3 is 0 Å². The van der Waals surface area contributed by atoms with Gasteiger partial charge in [0.2, 0.25) is 11.5 Å². The van der Waals surface area contributed by atoms with E-state index < -0.39 is 5.78 Å². The number of phenolic OH excluding ortho intramolecular Hbond substituents is 3. The number of rotatable bonds is 3. The van der Waals surface area contributed by atoms with Gasteiger partial charge in [-0.2, -0.15) is 0 Å². The smallest absolute Gasteiger partial charge is 0.235 e. The zero-order valence-electron chi connectivity index (χ0n) is 12.9. The van der Waals surface area contributed by atoms with E-state index >= 15 is 0 Å². The standard InChI is InChI=1S/C17H14O7/c1-22-12-3-8(4-13(23-2)16(12)20)5-14-17(21)15-10(19)6-9(18)7-11(15)24-14/h3-7,18-20H,1-2H3/b14-5-. The molecule has 124 valence electrons. The van der Waals surface area contributed by atoms with Crippen LogP contribution in [0, 0.1) is 0 Å². The Bertz CT molecular complexity index is 842. The van der Waals surface area contributed by atoms with Crippen LogP contribution in [0.1, 0.15) is 15.9 Å². The zero-order chi connectivity index (χ0) is 17.4. The maximum atomic E-state index is 12.4. The van der Waals surface area contributed by atoms with E-state index in [4.69, 9.17) is 14.2 Å². The molecule has 0 unspecified atom stereocenters. The Morgan fingerprint density at radius 3 is 2.21 bits per heavy atom. The summed E-state index contributed by atoms with van der Waals surface area (Å²) in [5, 5.41) is 29.2. The number of ketones is 1. The predicted molar refractivity (Wildman–Crippen MR) is 83.9 cm³/mol. The molecule has 0 bridgehead atoms. The molecule has 0 aromatic heterocycles. The third kappa shape index (κ3) is 2.45. The van der Waals surface area contributed by atoms with Crippen molar-refractivity contribution in [3.05, 3.63) is 41.2 Å². The van der Waals surface area contributed by atoms with Crippen molar-refractivity contribution in [1.29, 1.82) is 0 Å². The molecule has 1 aliphatic heterocycles. The largest absolute Gasteiger partial charge is 0.508 e. The van der Waals surface area contributed by atoms with Crippen molar-refractivity contribution in [3.63, 3.8) is 0 Å². The lowest BCUT2D eigenvalue weighted by Crippen LogP contribution is -1.99. The van der Waals surface area contributed by atoms with Gasteiger partial charge in [0, 0.05) is 12.1 Å². The normalized spacial score (nSPS) is 14.4. The second kappa shape index (κ2) is 5.69. The minimum atomic E-state index is -0.520. The molecule has 0 amide bonds. The van der Waals surface area contributed by atoms with Gasteiger partial charge in [-0.15, -0.1) is 0 Å². The number of carbonyl (C=O) groups is 1. The molecule has 2 aromatic rings. The molecule has 7 heteroatoms. The van der Waals surface area contributed by atoms with Crippen LogP contribution in [0.25, 0.3) is 6.08 Å². The summed E-state index contributed by atoms with van der Waals surface area (Å²) in [4.78, 5) is 12.4. The van der Waals surface area contributed by atoms with Gasteiger partial charge in [-0.3, -0.25) is 4.79 Å². The molecule has 7 nitrogen and oxygen atoms in total. The summed E-state index contributed by atoms with van der Waals surface area (Å²) in [6, 6.07) is 5.31. The average Bonchev–Trinajstić information content (AvgIpc) is 2.84. The van der Waals surface area contributed by atoms with Gasteiger partial charge in [-0.25, -0.2) is 0 Å². The number of Topliss-reactive ketones (excluding diaryl/α,β-unsaturated/α-hetero) is 1. The predicted octanol–water partition coefficient (Wildman–Crippen LogP) is 2.44. The summed E-state index contributed by atoms with van der Waals surface area (Å²) >= 11 is 0. The van der Waals surface area contributed by atoms with Gasteiger partial charge in [0.25, 0.3) is 0 Å². The number of hydrogen-bond donors (Lipinski definition) is 3. The summed E-state index contributed by atoms with van der Waals surface area (Å²) in [6.07, 6.45) is 1.42. The first kappa shape index (κ1) is 15.5. The molecule has 3 N–H and O–H groups in total. The lowest BCUT2D eigenvalue weighted by Gasteiger charge is -2.09. The van der Waals surface area contributed by atoms with Crippen LogP contribution in [0.2, 0.25) is 0 Å². The minimum absolute atomic E-state index is 0.0169. The van der Waals surface area contributed by atoms with E-state index in [0.717, 1.165) is 6.07 Å². The van der Waals surface area contributed by atoms with Gasteiger partial charge in [0.1, 0.15) is 22.8 Å². The van der Waals surface area contributed by atoms with E-state index in [-0.39, 0.29) is 45.8 Å². The van der Waals surface area contributed by atoms with Crippen molar-refractivity contribution >= 4 is 11.9 Å². The van der Waals surface area contributed by atoms with E-state index in [9.17, 15) is 20.1 Å². The Hall–Kier alpha value is -3.35. The fraction of sp³-hybridized carbons (Fsp3) is 0.118. The van der Waals surface area contributed by atoms with E-state index in [1.807, 2.05) is 0 Å². The molecule has 3 rings (SSSR count). The molecule has 1 aliphatic rings. The molecular weight excluding hydrogens is 316 g/mol. The minimum Gasteiger partial charge on any atom is -0.508 e. The van der Waals surface area contributed by atoms with Crippen LogP contribution in [0.3, 0.4) is 0 Å². The highest BCUT2D eigenvalue weighted by atomic mass is 16.5. The first-order valence-corrected chi connectivity index (χ1v) is 6.89. The highest BCUT2D eigenvalue weighted by Gasteiger charge is 2.31. The Kier molecular flexibility index (Phi) is 3.69. The van der Waals surface area contributed by atoms with Crippen molar-refractivity contribution in [1.82, 2.24) is 0 Å². The third-order valence-electron chi connectivity index (χ3n) is 3.54. The summed E-state index contributed by atoms with van der Waals surface area (Å²) in [6.45, 7) is 0. The zero-order valence-corrected chi connectivity index (χ0v) is 12.9. The number of hydrogen-bond acceptors (Lipinski definition) is 7. The molecule has 1 heterocycles. The first-order valence-electron chi connectivity index (χ1n) is 6.89. The van der Waals surface area contributed by atoms with E-state index in [1.54, 1.807) is 0 Å². The highest BCUT2D eigenvalue weighted by Crippen LogP contribution is 2.42.